The standard InChI is InChI=1S/C43H27N3S.C35H21N3S.C33H19N3S/c1-3-12-28(13-4-1)29-22-24-31(25-23-29)38-27-37(30-14-5-2-6-15-30)45-43(46-38)33-17-11-16-32(26-33)41-40-35-19-8-10-21-39(35)47-42(40)34-18-7-9-20-36(34)44-41;1-2-11-22(12-3-1)35-37-28-18-7-4-15-25(28)32(38-35)23-13-10-14-24(21-23)33-31-27-17-6-9-20-30(27)39-34(31)26-16-5-8-19-29(26)36-33;1-3-12-27-24(10-1)33-29(25-11-2-4-13-28(25)37-33)30(36-27)23-8-5-7-22(19-23)26-17-16-21-15-14-20-9-6-18-34-31(20)32(21)35-26/h1-27H;1-21H;1-19H. The second-order valence-corrected chi connectivity index (χ2v) is 33.7. The lowest BCUT2D eigenvalue weighted by molar-refractivity contribution is 1.18. The highest BCUT2D eigenvalue weighted by molar-refractivity contribution is 7.27. The molecule has 25 rings (SSSR count). The number of aromatic nitrogens is 9. The van der Waals surface area contributed by atoms with Gasteiger partial charge in [0.1, 0.15) is 0 Å². The molecule has 0 saturated heterocycles. The van der Waals surface area contributed by atoms with Crippen LogP contribution in [0.1, 0.15) is 0 Å². The maximum Gasteiger partial charge on any atom is 0.160 e. The zero-order valence-electron chi connectivity index (χ0n) is 65.9. The van der Waals surface area contributed by atoms with Crippen LogP contribution in [-0.2, 0) is 0 Å². The topological polar surface area (TPSA) is 116 Å². The number of benzene rings is 15. The van der Waals surface area contributed by atoms with Gasteiger partial charge in [0, 0.05) is 149 Å². The minimum Gasteiger partial charge on any atom is -0.254 e. The number of hydrogen-bond donors (Lipinski definition) is 0. The van der Waals surface area contributed by atoms with Gasteiger partial charge in [-0.15, -0.1) is 34.0 Å². The van der Waals surface area contributed by atoms with Gasteiger partial charge in [0.15, 0.2) is 11.6 Å². The van der Waals surface area contributed by atoms with Crippen molar-refractivity contribution in [2.45, 2.75) is 0 Å². The Hall–Kier alpha value is -15.6. The van der Waals surface area contributed by atoms with E-state index >= 15 is 0 Å². The second kappa shape index (κ2) is 31.0. The Balaban J connectivity index is 0.000000108. The van der Waals surface area contributed by atoms with Crippen molar-refractivity contribution in [3.8, 4) is 113 Å². The lowest BCUT2D eigenvalue weighted by Crippen LogP contribution is -1.96. The molecule has 10 heterocycles. The molecule has 0 spiro atoms. The molecule has 0 unspecified atom stereocenters. The van der Waals surface area contributed by atoms with E-state index in [-0.39, 0.29) is 0 Å². The van der Waals surface area contributed by atoms with Gasteiger partial charge in [-0.25, -0.2) is 39.9 Å². The predicted octanol–water partition coefficient (Wildman–Crippen LogP) is 30.3. The zero-order valence-corrected chi connectivity index (χ0v) is 68.4. The number of fused-ring (bicyclic) bond motifs is 19. The molecule has 0 amide bonds. The number of hydrogen-bond acceptors (Lipinski definition) is 12. The van der Waals surface area contributed by atoms with Crippen molar-refractivity contribution in [2.24, 2.45) is 0 Å². The van der Waals surface area contributed by atoms with E-state index in [1.807, 2.05) is 101 Å². The minimum atomic E-state index is 0.683. The summed E-state index contributed by atoms with van der Waals surface area (Å²) in [6, 6.07) is 139. The summed E-state index contributed by atoms with van der Waals surface area (Å²) in [5.41, 5.74) is 24.2. The van der Waals surface area contributed by atoms with Gasteiger partial charge < -0.3 is 0 Å². The first-order valence-corrected chi connectivity index (χ1v) is 43.4. The van der Waals surface area contributed by atoms with E-state index in [2.05, 4.69) is 345 Å². The van der Waals surface area contributed by atoms with Gasteiger partial charge in [0.2, 0.25) is 0 Å². The number of para-hydroxylation sites is 4. The molecule has 0 aliphatic carbocycles. The summed E-state index contributed by atoms with van der Waals surface area (Å²) in [7, 11) is 0. The molecule has 0 aliphatic rings. The average molecular weight is 1620 g/mol. The van der Waals surface area contributed by atoms with E-state index in [1.165, 1.54) is 87.8 Å². The molecule has 15 aromatic carbocycles. The van der Waals surface area contributed by atoms with Crippen molar-refractivity contribution in [3.05, 3.63) is 407 Å². The first kappa shape index (κ1) is 72.6. The summed E-state index contributed by atoms with van der Waals surface area (Å²) in [5, 5.41) is 14.2. The molecule has 0 atom stereocenters. The second-order valence-electron chi connectivity index (χ2n) is 30.5. The molecule has 0 aliphatic heterocycles. The van der Waals surface area contributed by atoms with Crippen LogP contribution >= 0.6 is 34.0 Å². The van der Waals surface area contributed by atoms with E-state index in [1.54, 1.807) is 0 Å². The van der Waals surface area contributed by atoms with E-state index in [0.717, 1.165) is 145 Å². The Labute approximate surface area is 718 Å². The third-order valence-corrected chi connectivity index (χ3v) is 26.6. The molecule has 9 nitrogen and oxygen atoms in total. The highest BCUT2D eigenvalue weighted by atomic mass is 32.1. The highest BCUT2D eigenvalue weighted by Gasteiger charge is 2.23. The Morgan fingerprint density at radius 3 is 1.04 bits per heavy atom. The van der Waals surface area contributed by atoms with Crippen LogP contribution < -0.4 is 0 Å². The monoisotopic (exact) mass is 1620 g/mol. The average Bonchev–Trinajstić information content (AvgIpc) is 1.60. The van der Waals surface area contributed by atoms with E-state index in [9.17, 15) is 0 Å². The fraction of sp³-hybridized carbons (Fsp3) is 0. The molecule has 25 aromatic rings. The molecular weight excluding hydrogens is 1560 g/mol. The van der Waals surface area contributed by atoms with Crippen molar-refractivity contribution in [1.29, 1.82) is 0 Å². The predicted molar refractivity (Wildman–Crippen MR) is 518 cm³/mol. The smallest absolute Gasteiger partial charge is 0.160 e. The van der Waals surface area contributed by atoms with E-state index < -0.39 is 0 Å². The Kier molecular flexibility index (Phi) is 18.3. The first-order chi connectivity index (χ1) is 60.9. The van der Waals surface area contributed by atoms with Gasteiger partial charge in [0.05, 0.1) is 73.0 Å². The summed E-state index contributed by atoms with van der Waals surface area (Å²) >= 11 is 5.52. The molecule has 12 heteroatoms. The molecule has 0 radical (unpaired) electrons. The zero-order chi connectivity index (χ0) is 81.3. The van der Waals surface area contributed by atoms with Crippen LogP contribution in [0.15, 0.2) is 407 Å². The Morgan fingerprint density at radius 1 is 0.179 bits per heavy atom. The molecule has 10 aromatic heterocycles. The van der Waals surface area contributed by atoms with Crippen LogP contribution in [0.2, 0.25) is 0 Å². The van der Waals surface area contributed by atoms with Crippen LogP contribution in [-0.4, -0.2) is 44.9 Å². The molecule has 0 saturated carbocycles. The Morgan fingerprint density at radius 2 is 0.528 bits per heavy atom. The molecule has 123 heavy (non-hydrogen) atoms. The number of pyridine rings is 5. The fourth-order valence-corrected chi connectivity index (χ4v) is 20.9. The Bertz CT molecular complexity index is 8460. The minimum absolute atomic E-state index is 0.683. The normalized spacial score (nSPS) is 11.6. The van der Waals surface area contributed by atoms with Gasteiger partial charge in [-0.1, -0.05) is 322 Å². The van der Waals surface area contributed by atoms with Crippen molar-refractivity contribution in [2.75, 3.05) is 0 Å². The summed E-state index contributed by atoms with van der Waals surface area (Å²) in [4.78, 5) is 45.7. The van der Waals surface area contributed by atoms with Crippen molar-refractivity contribution in [1.82, 2.24) is 44.9 Å². The van der Waals surface area contributed by atoms with Crippen LogP contribution in [0, 0.1) is 0 Å². The maximum absolute atomic E-state index is 5.26. The largest absolute Gasteiger partial charge is 0.254 e. The third kappa shape index (κ3) is 13.4. The van der Waals surface area contributed by atoms with Crippen LogP contribution in [0.5, 0.6) is 0 Å². The fourth-order valence-electron chi connectivity index (χ4n) is 17.1. The van der Waals surface area contributed by atoms with Crippen LogP contribution in [0.25, 0.3) is 239 Å². The molecular formula is C111H67N9S3. The van der Waals surface area contributed by atoms with E-state index in [0.29, 0.717) is 5.82 Å². The van der Waals surface area contributed by atoms with Gasteiger partial charge in [-0.05, 0) is 90.0 Å². The summed E-state index contributed by atoms with van der Waals surface area (Å²) in [6.45, 7) is 0. The summed E-state index contributed by atoms with van der Waals surface area (Å²) < 4.78 is 7.65. The van der Waals surface area contributed by atoms with E-state index in [4.69, 9.17) is 39.9 Å². The molecule has 0 N–H and O–H groups in total. The van der Waals surface area contributed by atoms with Gasteiger partial charge in [-0.2, -0.15) is 0 Å². The van der Waals surface area contributed by atoms with Crippen molar-refractivity contribution < 1.29 is 0 Å². The number of thiophene rings is 3. The number of rotatable bonds is 10. The lowest BCUT2D eigenvalue weighted by atomic mass is 9.98. The van der Waals surface area contributed by atoms with Gasteiger partial charge in [0.25, 0.3) is 0 Å². The van der Waals surface area contributed by atoms with Gasteiger partial charge in [-0.3, -0.25) is 4.98 Å². The van der Waals surface area contributed by atoms with Crippen molar-refractivity contribution >= 4 is 160 Å². The van der Waals surface area contributed by atoms with Crippen LogP contribution in [0.3, 0.4) is 0 Å². The summed E-state index contributed by atoms with van der Waals surface area (Å²) in [5.74, 6) is 1.41. The molecule has 0 fully saturated rings. The van der Waals surface area contributed by atoms with Crippen molar-refractivity contribution in [3.63, 3.8) is 0 Å². The molecule has 0 bridgehead atoms. The summed E-state index contributed by atoms with van der Waals surface area (Å²) in [6.07, 6.45) is 1.83. The number of nitrogens with zero attached hydrogens (tertiary/aromatic N) is 9. The third-order valence-electron chi connectivity index (χ3n) is 23.0. The van der Waals surface area contributed by atoms with Gasteiger partial charge >= 0.3 is 0 Å². The highest BCUT2D eigenvalue weighted by Crippen LogP contribution is 2.48. The van der Waals surface area contributed by atoms with Crippen LogP contribution in [0.4, 0.5) is 0 Å². The maximum atomic E-state index is 5.26. The lowest BCUT2D eigenvalue weighted by Gasteiger charge is -2.12. The first-order valence-electron chi connectivity index (χ1n) is 40.9. The molecule has 574 valence electrons. The SMILES string of the molecule is c1cc(-c2ccc3ccc4cccnc4c3n2)cc(-c2nc3ccccc3c3sc4ccccc4c23)c1.c1ccc(-c2ccc(-c3cc(-c4ccccc4)nc(-c4cccc(-c5nc6ccccc6c6sc7ccccc7c56)c4)n3)cc2)cc1.c1ccc(-c2nc(-c3cccc(-c4nc5ccccc5c5sc6ccccc6c45)c3)c3ccccc3n2)cc1. The quantitative estimate of drug-likeness (QED) is 0.123.